The van der Waals surface area contributed by atoms with E-state index in [1.807, 2.05) is 29.7 Å². The van der Waals surface area contributed by atoms with Crippen LogP contribution < -0.4 is 15.6 Å². The Hall–Kier alpha value is -3.99. The van der Waals surface area contributed by atoms with Gasteiger partial charge < -0.3 is 14.3 Å². The SMILES string of the molecule is Cc1ccc(NS(=O)(=O)Cc2ccccn2)c(=O)n1CC(=O)NCc1ccc2nccn2c1C. The summed E-state index contributed by atoms with van der Waals surface area (Å²) in [5.41, 5.74) is 2.84. The number of carbonyl (C=O) groups is 1. The van der Waals surface area contributed by atoms with Crippen molar-refractivity contribution >= 4 is 27.3 Å². The third kappa shape index (κ3) is 5.15. The van der Waals surface area contributed by atoms with Gasteiger partial charge in [0.2, 0.25) is 15.9 Å². The molecule has 11 heteroatoms. The van der Waals surface area contributed by atoms with Crippen LogP contribution in [0.5, 0.6) is 0 Å². The van der Waals surface area contributed by atoms with Gasteiger partial charge in [-0.3, -0.25) is 19.3 Å². The molecule has 0 saturated carbocycles. The highest BCUT2D eigenvalue weighted by Crippen LogP contribution is 2.12. The Bertz CT molecular complexity index is 1510. The number of hydrogen-bond acceptors (Lipinski definition) is 6. The highest BCUT2D eigenvalue weighted by atomic mass is 32.2. The van der Waals surface area contributed by atoms with Crippen molar-refractivity contribution in [1.82, 2.24) is 24.3 Å². The van der Waals surface area contributed by atoms with Crippen LogP contribution >= 0.6 is 0 Å². The van der Waals surface area contributed by atoms with Crippen molar-refractivity contribution in [2.45, 2.75) is 32.7 Å². The van der Waals surface area contributed by atoms with E-state index in [0.29, 0.717) is 11.4 Å². The maximum absolute atomic E-state index is 12.9. The minimum absolute atomic E-state index is 0.129. The number of carbonyl (C=O) groups excluding carboxylic acids is 1. The van der Waals surface area contributed by atoms with Gasteiger partial charge in [-0.15, -0.1) is 0 Å². The number of amides is 1. The summed E-state index contributed by atoms with van der Waals surface area (Å²) >= 11 is 0. The van der Waals surface area contributed by atoms with Crippen LogP contribution in [0.2, 0.25) is 0 Å². The number of aryl methyl sites for hydroxylation is 2. The van der Waals surface area contributed by atoms with Crippen LogP contribution in [-0.4, -0.2) is 33.3 Å². The molecule has 0 aliphatic carbocycles. The van der Waals surface area contributed by atoms with Crippen molar-refractivity contribution in [3.63, 3.8) is 0 Å². The van der Waals surface area contributed by atoms with Crippen LogP contribution in [0.3, 0.4) is 0 Å². The lowest BCUT2D eigenvalue weighted by molar-refractivity contribution is -0.121. The lowest BCUT2D eigenvalue weighted by atomic mass is 10.2. The quantitative estimate of drug-likeness (QED) is 0.396. The van der Waals surface area contributed by atoms with E-state index >= 15 is 0 Å². The smallest absolute Gasteiger partial charge is 0.275 e. The second-order valence-electron chi connectivity index (χ2n) is 7.84. The highest BCUT2D eigenvalue weighted by molar-refractivity contribution is 7.91. The van der Waals surface area contributed by atoms with Gasteiger partial charge in [-0.25, -0.2) is 13.4 Å². The molecule has 0 radical (unpaired) electrons. The van der Waals surface area contributed by atoms with Crippen molar-refractivity contribution in [2.24, 2.45) is 0 Å². The Balaban J connectivity index is 1.46. The molecule has 0 aliphatic rings. The van der Waals surface area contributed by atoms with Gasteiger partial charge in [0.25, 0.3) is 5.56 Å². The van der Waals surface area contributed by atoms with Crippen LogP contribution in [0, 0.1) is 13.8 Å². The molecule has 176 valence electrons. The van der Waals surface area contributed by atoms with E-state index in [0.717, 1.165) is 16.9 Å². The van der Waals surface area contributed by atoms with E-state index in [4.69, 9.17) is 0 Å². The maximum atomic E-state index is 12.9. The fourth-order valence-electron chi connectivity index (χ4n) is 3.58. The Morgan fingerprint density at radius 1 is 1.03 bits per heavy atom. The summed E-state index contributed by atoms with van der Waals surface area (Å²) in [6, 6.07) is 11.7. The predicted molar refractivity (Wildman–Crippen MR) is 128 cm³/mol. The number of fused-ring (bicyclic) bond motifs is 1. The van der Waals surface area contributed by atoms with Crippen molar-refractivity contribution in [2.75, 3.05) is 4.72 Å². The van der Waals surface area contributed by atoms with Gasteiger partial charge in [-0.1, -0.05) is 12.1 Å². The fraction of sp³-hybridized carbons (Fsp3) is 0.217. The van der Waals surface area contributed by atoms with Crippen LogP contribution in [0.1, 0.15) is 22.6 Å². The summed E-state index contributed by atoms with van der Waals surface area (Å²) in [4.78, 5) is 33.8. The molecule has 1 amide bonds. The molecule has 0 atom stereocenters. The summed E-state index contributed by atoms with van der Waals surface area (Å²) in [5, 5.41) is 2.82. The third-order valence-corrected chi connectivity index (χ3v) is 6.64. The van der Waals surface area contributed by atoms with Gasteiger partial charge in [0.1, 0.15) is 23.6 Å². The molecule has 4 aromatic rings. The molecule has 4 rings (SSSR count). The summed E-state index contributed by atoms with van der Waals surface area (Å²) in [5.74, 6) is -0.744. The number of nitrogens with zero attached hydrogens (tertiary/aromatic N) is 4. The highest BCUT2D eigenvalue weighted by Gasteiger charge is 2.17. The zero-order chi connectivity index (χ0) is 24.3. The van der Waals surface area contributed by atoms with Crippen molar-refractivity contribution < 1.29 is 13.2 Å². The minimum atomic E-state index is -3.87. The van der Waals surface area contributed by atoms with Gasteiger partial charge in [0, 0.05) is 36.5 Å². The standard InChI is InChI=1S/C23H24N6O4S/c1-16-6-8-20(27-34(32,33)15-19-5-3-4-10-24-19)23(31)29(16)14-22(30)26-13-18-7-9-21-25-11-12-28(21)17(18)2/h3-12,27H,13-15H2,1-2H3,(H,26,30). The fourth-order valence-corrected chi connectivity index (χ4v) is 4.70. The third-order valence-electron chi connectivity index (χ3n) is 5.43. The summed E-state index contributed by atoms with van der Waals surface area (Å²) < 4.78 is 30.5. The first-order valence-electron chi connectivity index (χ1n) is 10.5. The van der Waals surface area contributed by atoms with Gasteiger partial charge >= 0.3 is 0 Å². The molecule has 0 aromatic carbocycles. The number of imidazole rings is 1. The van der Waals surface area contributed by atoms with Crippen LogP contribution in [0.4, 0.5) is 5.69 Å². The van der Waals surface area contributed by atoms with Crippen molar-refractivity contribution in [1.29, 1.82) is 0 Å². The Kier molecular flexibility index (Phi) is 6.46. The first-order chi connectivity index (χ1) is 16.2. The van der Waals surface area contributed by atoms with Gasteiger partial charge in [0.15, 0.2) is 0 Å². The Morgan fingerprint density at radius 3 is 2.62 bits per heavy atom. The minimum Gasteiger partial charge on any atom is -0.350 e. The lowest BCUT2D eigenvalue weighted by Gasteiger charge is -2.14. The van der Waals surface area contributed by atoms with E-state index in [1.165, 1.54) is 16.8 Å². The Morgan fingerprint density at radius 2 is 1.85 bits per heavy atom. The average molecular weight is 481 g/mol. The summed E-state index contributed by atoms with van der Waals surface area (Å²) in [6.45, 7) is 3.65. The number of aromatic nitrogens is 4. The summed E-state index contributed by atoms with van der Waals surface area (Å²) in [6.07, 6.45) is 5.05. The summed E-state index contributed by atoms with van der Waals surface area (Å²) in [7, 11) is -3.87. The number of rotatable bonds is 8. The van der Waals surface area contributed by atoms with E-state index in [9.17, 15) is 18.0 Å². The number of nitrogens with one attached hydrogen (secondary N) is 2. The largest absolute Gasteiger partial charge is 0.350 e. The van der Waals surface area contributed by atoms with Crippen LogP contribution in [0.25, 0.3) is 5.65 Å². The van der Waals surface area contributed by atoms with E-state index in [-0.39, 0.29) is 30.4 Å². The zero-order valence-electron chi connectivity index (χ0n) is 18.7. The molecule has 0 aliphatic heterocycles. The van der Waals surface area contributed by atoms with Gasteiger partial charge in [-0.2, -0.15) is 0 Å². The van der Waals surface area contributed by atoms with Gasteiger partial charge in [0.05, 0.1) is 5.69 Å². The topological polar surface area (TPSA) is 127 Å². The molecule has 0 unspecified atom stereocenters. The van der Waals surface area contributed by atoms with E-state index in [2.05, 4.69) is 20.0 Å². The second kappa shape index (κ2) is 9.48. The number of pyridine rings is 3. The van der Waals surface area contributed by atoms with Crippen molar-refractivity contribution in [3.05, 3.63) is 94.1 Å². The number of hydrogen-bond donors (Lipinski definition) is 2. The maximum Gasteiger partial charge on any atom is 0.275 e. The first kappa shape index (κ1) is 23.2. The predicted octanol–water partition coefficient (Wildman–Crippen LogP) is 1.77. The van der Waals surface area contributed by atoms with Crippen LogP contribution in [0.15, 0.2) is 65.8 Å². The van der Waals surface area contributed by atoms with E-state index in [1.54, 1.807) is 37.4 Å². The number of sulfonamides is 1. The van der Waals surface area contributed by atoms with Gasteiger partial charge in [-0.05, 0) is 49.7 Å². The Labute approximate surface area is 196 Å². The zero-order valence-corrected chi connectivity index (χ0v) is 19.5. The molecule has 0 fully saturated rings. The molecular weight excluding hydrogens is 456 g/mol. The number of anilines is 1. The first-order valence-corrected chi connectivity index (χ1v) is 12.2. The average Bonchev–Trinajstić information content (AvgIpc) is 3.28. The second-order valence-corrected chi connectivity index (χ2v) is 9.56. The molecule has 4 heterocycles. The normalized spacial score (nSPS) is 11.5. The molecule has 0 spiro atoms. The van der Waals surface area contributed by atoms with Crippen LogP contribution in [-0.2, 0) is 33.7 Å². The molecule has 0 bridgehead atoms. The molecular formula is C23H24N6O4S. The molecule has 0 saturated heterocycles. The molecule has 10 nitrogen and oxygen atoms in total. The molecule has 34 heavy (non-hydrogen) atoms. The van der Waals surface area contributed by atoms with Crippen molar-refractivity contribution in [3.8, 4) is 0 Å². The monoisotopic (exact) mass is 480 g/mol. The lowest BCUT2D eigenvalue weighted by Crippen LogP contribution is -2.34. The molecule has 2 N–H and O–H groups in total. The van der Waals surface area contributed by atoms with E-state index < -0.39 is 15.6 Å². The molecule has 4 aromatic heterocycles.